The van der Waals surface area contributed by atoms with Crippen molar-refractivity contribution in [3.05, 3.63) is 36.5 Å². The molecule has 0 atom stereocenters. The van der Waals surface area contributed by atoms with Crippen LogP contribution < -0.4 is 0 Å². The van der Waals surface area contributed by atoms with Crippen molar-refractivity contribution in [3.63, 3.8) is 0 Å². The molecule has 0 saturated carbocycles. The maximum Gasteiger partial charge on any atom is 0.305 e. The molecule has 13 heavy (non-hydrogen) atoms. The van der Waals surface area contributed by atoms with Crippen LogP contribution in [0.25, 0.3) is 0 Å². The molecule has 0 aliphatic carbocycles. The molecule has 0 aliphatic rings. The van der Waals surface area contributed by atoms with Gasteiger partial charge in [-0.2, -0.15) is 0 Å². The van der Waals surface area contributed by atoms with Crippen LogP contribution in [-0.4, -0.2) is 12.6 Å². The number of carbonyl (C=O) groups excluding carboxylic acids is 1. The highest BCUT2D eigenvalue weighted by Crippen LogP contribution is 1.86. The van der Waals surface area contributed by atoms with Gasteiger partial charge in [-0.3, -0.25) is 4.79 Å². The van der Waals surface area contributed by atoms with Crippen LogP contribution in [0.2, 0.25) is 0 Å². The summed E-state index contributed by atoms with van der Waals surface area (Å²) in [5.41, 5.74) is 0. The minimum atomic E-state index is -0.165. The van der Waals surface area contributed by atoms with Gasteiger partial charge in [-0.1, -0.05) is 37.3 Å². The van der Waals surface area contributed by atoms with Gasteiger partial charge in [-0.15, -0.1) is 0 Å². The van der Waals surface area contributed by atoms with E-state index < -0.39 is 0 Å². The Morgan fingerprint density at radius 3 is 2.54 bits per heavy atom. The quantitative estimate of drug-likeness (QED) is 0.480. The van der Waals surface area contributed by atoms with Gasteiger partial charge in [0.2, 0.25) is 0 Å². The number of ether oxygens (including phenoxy) is 1. The van der Waals surface area contributed by atoms with Gasteiger partial charge in [-0.05, 0) is 13.0 Å². The summed E-state index contributed by atoms with van der Waals surface area (Å²) in [6.07, 6.45) is 11.8. The zero-order chi connectivity index (χ0) is 9.94. The molecule has 0 rings (SSSR count). The Labute approximate surface area is 79.6 Å². The fourth-order valence-electron chi connectivity index (χ4n) is 0.617. The second-order valence-corrected chi connectivity index (χ2v) is 2.38. The fraction of sp³-hybridized carbons (Fsp3) is 0.364. The van der Waals surface area contributed by atoms with Crippen molar-refractivity contribution in [3.8, 4) is 0 Å². The first-order valence-corrected chi connectivity index (χ1v) is 4.41. The fourth-order valence-corrected chi connectivity index (χ4v) is 0.617. The van der Waals surface area contributed by atoms with Crippen LogP contribution in [0.5, 0.6) is 0 Å². The summed E-state index contributed by atoms with van der Waals surface area (Å²) in [5, 5.41) is 0. The molecule has 0 aliphatic heterocycles. The molecule has 2 heteroatoms. The molecule has 0 unspecified atom stereocenters. The summed E-state index contributed by atoms with van der Waals surface area (Å²) in [4.78, 5) is 10.7. The Morgan fingerprint density at radius 2 is 1.92 bits per heavy atom. The molecule has 0 aromatic carbocycles. The average molecular weight is 180 g/mol. The monoisotopic (exact) mass is 180 g/mol. The number of carbonyl (C=O) groups is 1. The molecule has 2 nitrogen and oxygen atoms in total. The van der Waals surface area contributed by atoms with Crippen molar-refractivity contribution in [2.75, 3.05) is 6.61 Å². The molecule has 0 aromatic rings. The summed E-state index contributed by atoms with van der Waals surface area (Å²) in [5.74, 6) is -0.165. The smallest absolute Gasteiger partial charge is 0.305 e. The Hall–Kier alpha value is -1.31. The van der Waals surface area contributed by atoms with Crippen LogP contribution in [0, 0.1) is 0 Å². The Kier molecular flexibility index (Phi) is 7.90. The van der Waals surface area contributed by atoms with Crippen molar-refractivity contribution in [1.29, 1.82) is 0 Å². The minimum Gasteiger partial charge on any atom is -0.461 e. The number of esters is 1. The van der Waals surface area contributed by atoms with Crippen molar-refractivity contribution in [2.45, 2.75) is 20.3 Å². The van der Waals surface area contributed by atoms with Gasteiger partial charge >= 0.3 is 5.97 Å². The van der Waals surface area contributed by atoms with E-state index in [-0.39, 0.29) is 5.97 Å². The highest BCUT2D eigenvalue weighted by atomic mass is 16.5. The van der Waals surface area contributed by atoms with E-state index in [1.54, 1.807) is 13.0 Å². The molecule has 0 heterocycles. The van der Waals surface area contributed by atoms with E-state index in [1.807, 2.05) is 37.3 Å². The van der Waals surface area contributed by atoms with Gasteiger partial charge in [0.05, 0.1) is 0 Å². The van der Waals surface area contributed by atoms with E-state index in [2.05, 4.69) is 0 Å². The normalized spacial score (nSPS) is 11.8. The second kappa shape index (κ2) is 8.78. The van der Waals surface area contributed by atoms with E-state index in [0.717, 1.165) is 0 Å². The van der Waals surface area contributed by atoms with Crippen molar-refractivity contribution >= 4 is 5.97 Å². The highest BCUT2D eigenvalue weighted by molar-refractivity contribution is 5.68. The van der Waals surface area contributed by atoms with Gasteiger partial charge < -0.3 is 4.74 Å². The standard InChI is InChI=1S/C11H16O2/c1-3-5-6-7-8-9-10-13-11(12)4-2/h3,5-9H,4,10H2,1-2H3/b5-3+,7-6+,9-8+. The summed E-state index contributed by atoms with van der Waals surface area (Å²) in [6, 6.07) is 0. The second-order valence-electron chi connectivity index (χ2n) is 2.38. The van der Waals surface area contributed by atoms with Gasteiger partial charge in [-0.25, -0.2) is 0 Å². The predicted octanol–water partition coefficient (Wildman–Crippen LogP) is 2.63. The van der Waals surface area contributed by atoms with Gasteiger partial charge in [0, 0.05) is 6.42 Å². The Bertz CT molecular complexity index is 212. The van der Waals surface area contributed by atoms with Crippen molar-refractivity contribution in [1.82, 2.24) is 0 Å². The van der Waals surface area contributed by atoms with Crippen LogP contribution in [0.3, 0.4) is 0 Å². The van der Waals surface area contributed by atoms with Crippen LogP contribution in [0.15, 0.2) is 36.5 Å². The van der Waals surface area contributed by atoms with Crippen LogP contribution in [-0.2, 0) is 9.53 Å². The Balaban J connectivity index is 3.47. The molecular weight excluding hydrogens is 164 g/mol. The summed E-state index contributed by atoms with van der Waals surface area (Å²) < 4.78 is 4.82. The van der Waals surface area contributed by atoms with E-state index in [0.29, 0.717) is 13.0 Å². The van der Waals surface area contributed by atoms with E-state index >= 15 is 0 Å². The minimum absolute atomic E-state index is 0.165. The number of hydrogen-bond donors (Lipinski definition) is 0. The lowest BCUT2D eigenvalue weighted by Crippen LogP contribution is -2.01. The third kappa shape index (κ3) is 8.60. The molecule has 0 aromatic heterocycles. The molecule has 0 spiro atoms. The van der Waals surface area contributed by atoms with E-state index in [9.17, 15) is 4.79 Å². The molecule has 0 saturated heterocycles. The van der Waals surface area contributed by atoms with Crippen molar-refractivity contribution < 1.29 is 9.53 Å². The summed E-state index contributed by atoms with van der Waals surface area (Å²) >= 11 is 0. The maximum absolute atomic E-state index is 10.7. The average Bonchev–Trinajstić information content (AvgIpc) is 2.16. The van der Waals surface area contributed by atoms with Crippen molar-refractivity contribution in [2.24, 2.45) is 0 Å². The van der Waals surface area contributed by atoms with Crippen LogP contribution >= 0.6 is 0 Å². The molecule has 0 bridgehead atoms. The zero-order valence-corrected chi connectivity index (χ0v) is 8.19. The largest absolute Gasteiger partial charge is 0.461 e. The first kappa shape index (κ1) is 11.7. The number of rotatable bonds is 5. The molecule has 72 valence electrons. The Morgan fingerprint density at radius 1 is 1.23 bits per heavy atom. The topological polar surface area (TPSA) is 26.3 Å². The zero-order valence-electron chi connectivity index (χ0n) is 8.19. The van der Waals surface area contributed by atoms with Gasteiger partial charge in [0.1, 0.15) is 6.61 Å². The first-order valence-electron chi connectivity index (χ1n) is 4.41. The lowest BCUT2D eigenvalue weighted by molar-refractivity contribution is -0.141. The van der Waals surface area contributed by atoms with Crippen LogP contribution in [0.1, 0.15) is 20.3 Å². The van der Waals surface area contributed by atoms with Gasteiger partial charge in [0.25, 0.3) is 0 Å². The SMILES string of the molecule is C/C=C/C=C/C=C/COC(=O)CC. The molecule has 0 radical (unpaired) electrons. The van der Waals surface area contributed by atoms with Crippen LogP contribution in [0.4, 0.5) is 0 Å². The molecular formula is C11H16O2. The van der Waals surface area contributed by atoms with Gasteiger partial charge in [0.15, 0.2) is 0 Å². The lowest BCUT2D eigenvalue weighted by Gasteiger charge is -1.95. The number of hydrogen-bond acceptors (Lipinski definition) is 2. The highest BCUT2D eigenvalue weighted by Gasteiger charge is 1.92. The maximum atomic E-state index is 10.7. The summed E-state index contributed by atoms with van der Waals surface area (Å²) in [6.45, 7) is 4.09. The number of allylic oxidation sites excluding steroid dienone is 5. The molecule has 0 N–H and O–H groups in total. The molecule has 0 amide bonds. The first-order chi connectivity index (χ1) is 6.31. The van der Waals surface area contributed by atoms with E-state index in [1.165, 1.54) is 0 Å². The summed E-state index contributed by atoms with van der Waals surface area (Å²) in [7, 11) is 0. The predicted molar refractivity (Wildman–Crippen MR) is 54.3 cm³/mol. The third-order valence-electron chi connectivity index (χ3n) is 1.29. The third-order valence-corrected chi connectivity index (χ3v) is 1.29. The lowest BCUT2D eigenvalue weighted by atomic mass is 10.4. The van der Waals surface area contributed by atoms with E-state index in [4.69, 9.17) is 4.74 Å². The molecule has 0 fully saturated rings.